The summed E-state index contributed by atoms with van der Waals surface area (Å²) in [5, 5.41) is 33.2. The third-order valence-electron chi connectivity index (χ3n) is 7.65. The molecule has 2 aliphatic heterocycles. The molecule has 1 aromatic heterocycles. The average molecular weight is 645 g/mol. The number of rotatable bonds is 7. The van der Waals surface area contributed by atoms with Gasteiger partial charge in [-0.3, -0.25) is 15.0 Å². The first-order chi connectivity index (χ1) is 22.0. The number of hydrogen-bond donors (Lipinski definition) is 7. The summed E-state index contributed by atoms with van der Waals surface area (Å²) in [6, 6.07) is 8.43. The molecule has 234 valence electrons. The Hall–Kier alpha value is -6.00. The number of H-pyrrole nitrogens is 1. The Morgan fingerprint density at radius 3 is 2.22 bits per heavy atom. The number of primary amides is 1. The number of phenols is 2. The van der Waals surface area contributed by atoms with E-state index in [-0.39, 0.29) is 67.9 Å². The van der Waals surface area contributed by atoms with E-state index in [1.54, 1.807) is 0 Å². The molecule has 0 unspecified atom stereocenters. The molecular formula is C30H24N6O9S. The van der Waals surface area contributed by atoms with Crippen LogP contribution in [-0.2, 0) is 26.3 Å². The number of aromatic hydroxyl groups is 2. The fraction of sp³-hybridized carbons (Fsp3) is 0.133. The van der Waals surface area contributed by atoms with Gasteiger partial charge in [-0.2, -0.15) is 0 Å². The zero-order valence-corrected chi connectivity index (χ0v) is 24.3. The van der Waals surface area contributed by atoms with Crippen LogP contribution in [0.15, 0.2) is 61.1 Å². The van der Waals surface area contributed by atoms with E-state index in [1.807, 2.05) is 0 Å². The Kier molecular flexibility index (Phi) is 7.30. The monoisotopic (exact) mass is 644 g/mol. The van der Waals surface area contributed by atoms with Gasteiger partial charge in [0.1, 0.15) is 34.0 Å². The normalized spacial score (nSPS) is 14.2. The number of thiocarbonyl (C=S) groups is 1. The third kappa shape index (κ3) is 4.72. The summed E-state index contributed by atoms with van der Waals surface area (Å²) < 4.78 is 12.2. The summed E-state index contributed by atoms with van der Waals surface area (Å²) in [5.41, 5.74) is 9.73. The number of carbonyl (C=O) groups excluding carboxylic acids is 3. The van der Waals surface area contributed by atoms with Gasteiger partial charge in [-0.25, -0.2) is 19.4 Å². The van der Waals surface area contributed by atoms with Gasteiger partial charge in [0.2, 0.25) is 5.91 Å². The van der Waals surface area contributed by atoms with E-state index < -0.39 is 42.1 Å². The lowest BCUT2D eigenvalue weighted by molar-refractivity contribution is -0.140. The highest BCUT2D eigenvalue weighted by molar-refractivity contribution is 7.80. The number of ether oxygens (including phenoxy) is 2. The van der Waals surface area contributed by atoms with E-state index in [1.165, 1.54) is 61.1 Å². The Labute approximate surface area is 264 Å². The van der Waals surface area contributed by atoms with Crippen LogP contribution in [0.2, 0.25) is 0 Å². The molecule has 15 nitrogen and oxygen atoms in total. The number of urea groups is 1. The van der Waals surface area contributed by atoms with E-state index >= 15 is 0 Å². The lowest BCUT2D eigenvalue weighted by Crippen LogP contribution is -2.50. The molecule has 0 saturated carbocycles. The van der Waals surface area contributed by atoms with Crippen LogP contribution >= 0.6 is 12.2 Å². The summed E-state index contributed by atoms with van der Waals surface area (Å²) in [6.07, 6.45) is 2.41. The number of aromatic amines is 1. The molecule has 0 fully saturated rings. The van der Waals surface area contributed by atoms with Gasteiger partial charge in [-0.05, 0) is 30.3 Å². The molecule has 3 amide bonds. The predicted molar refractivity (Wildman–Crippen MR) is 163 cm³/mol. The summed E-state index contributed by atoms with van der Waals surface area (Å²) >= 11 is 5.43. The number of phenolic OH excluding ortho intramolecular Hbond substituents is 2. The van der Waals surface area contributed by atoms with Gasteiger partial charge >= 0.3 is 18.0 Å². The second-order valence-electron chi connectivity index (χ2n) is 10.3. The van der Waals surface area contributed by atoms with E-state index in [2.05, 4.69) is 15.3 Å². The van der Waals surface area contributed by atoms with Crippen molar-refractivity contribution < 1.29 is 44.0 Å². The number of nitrogens with zero attached hydrogens (tertiary/aromatic N) is 2. The number of aliphatic carboxylic acids is 1. The van der Waals surface area contributed by atoms with Crippen molar-refractivity contribution in [3.8, 4) is 23.0 Å². The molecule has 1 atom stereocenters. The first kappa shape index (κ1) is 30.0. The highest BCUT2D eigenvalue weighted by Gasteiger charge is 2.56. The summed E-state index contributed by atoms with van der Waals surface area (Å²) in [7, 11) is 0. The quantitative estimate of drug-likeness (QED) is 0.112. The van der Waals surface area contributed by atoms with Gasteiger partial charge in [-0.1, -0.05) is 18.3 Å². The molecule has 1 spiro atoms. The van der Waals surface area contributed by atoms with Crippen molar-refractivity contribution in [2.45, 2.75) is 18.1 Å². The number of aromatic nitrogens is 2. The number of carbonyl (C=O) groups is 4. The zero-order valence-electron chi connectivity index (χ0n) is 23.5. The third-order valence-corrected chi connectivity index (χ3v) is 7.97. The molecule has 0 radical (unpaired) electrons. The van der Waals surface area contributed by atoms with Crippen LogP contribution in [0.25, 0.3) is 0 Å². The number of carboxylic acids is 1. The van der Waals surface area contributed by atoms with Crippen LogP contribution in [-0.4, -0.2) is 66.7 Å². The van der Waals surface area contributed by atoms with Crippen molar-refractivity contribution in [1.82, 2.24) is 15.3 Å². The Bertz CT molecular complexity index is 1910. The van der Waals surface area contributed by atoms with Crippen molar-refractivity contribution in [2.24, 2.45) is 11.5 Å². The fourth-order valence-corrected chi connectivity index (χ4v) is 6.10. The molecule has 3 heterocycles. The minimum atomic E-state index is -1.78. The van der Waals surface area contributed by atoms with Gasteiger partial charge in [0.25, 0.3) is 0 Å². The van der Waals surface area contributed by atoms with Crippen molar-refractivity contribution >= 4 is 46.8 Å². The predicted octanol–water partition coefficient (Wildman–Crippen LogP) is 1.72. The smallest absolute Gasteiger partial charge is 0.342 e. The Balaban J connectivity index is 1.69. The molecule has 9 N–H and O–H groups in total. The number of anilines is 1. The van der Waals surface area contributed by atoms with Crippen LogP contribution in [0.5, 0.6) is 23.0 Å². The maximum Gasteiger partial charge on any atom is 0.342 e. The maximum absolute atomic E-state index is 14.2. The Morgan fingerprint density at radius 1 is 1.04 bits per heavy atom. The molecule has 0 saturated heterocycles. The molecule has 46 heavy (non-hydrogen) atoms. The number of fused-ring (bicyclic) bond motifs is 6. The number of benzene rings is 3. The van der Waals surface area contributed by atoms with E-state index in [0.717, 1.165) is 4.90 Å². The Morgan fingerprint density at radius 2 is 1.67 bits per heavy atom. The van der Waals surface area contributed by atoms with Gasteiger partial charge in [0.15, 0.2) is 5.60 Å². The molecule has 0 aliphatic carbocycles. The largest absolute Gasteiger partial charge is 0.508 e. The van der Waals surface area contributed by atoms with E-state index in [9.17, 15) is 34.5 Å². The SMILES string of the molecule is NCC(=O)N(c1c(C(=S)NC(N)=O)ccc2c1C(=O)OC21c2ccc(O)cc2Oc2cc(O)ccc21)[C@@H](Cc1cnc[nH]1)C(=O)O. The molecule has 2 aliphatic rings. The molecule has 16 heteroatoms. The highest BCUT2D eigenvalue weighted by atomic mass is 32.1. The standard InChI is InChI=1S/C30H24N6O9S/c31-10-23(39)36(20(27(40)41)7-13-11-33-12-34-13)25-16(26(46)35-29(32)43)3-6-19-24(25)28(42)45-30(19)17-4-1-14(37)8-21(17)44-22-9-15(38)2-5-18(22)30/h1-6,8-9,11-12,20,37-38H,7,10,31H2,(H,33,34)(H,40,41)(H3,32,35,43,46)/t20-/m0/s1. The summed E-state index contributed by atoms with van der Waals surface area (Å²) in [4.78, 5) is 59.7. The summed E-state index contributed by atoms with van der Waals surface area (Å²) in [6.45, 7) is -0.676. The minimum Gasteiger partial charge on any atom is -0.508 e. The van der Waals surface area contributed by atoms with Crippen molar-refractivity contribution in [1.29, 1.82) is 0 Å². The number of hydrogen-bond acceptors (Lipinski definition) is 11. The van der Waals surface area contributed by atoms with Crippen LogP contribution in [0.3, 0.4) is 0 Å². The number of nitrogens with two attached hydrogens (primary N) is 2. The van der Waals surface area contributed by atoms with E-state index in [0.29, 0.717) is 5.69 Å². The van der Waals surface area contributed by atoms with Crippen LogP contribution in [0.4, 0.5) is 10.5 Å². The van der Waals surface area contributed by atoms with Crippen molar-refractivity contribution in [3.05, 3.63) is 94.6 Å². The molecule has 3 aromatic carbocycles. The number of amides is 3. The first-order valence-corrected chi connectivity index (χ1v) is 14.0. The number of nitrogens with one attached hydrogen (secondary N) is 2. The highest BCUT2D eigenvalue weighted by Crippen LogP contribution is 2.58. The average Bonchev–Trinajstić information content (AvgIpc) is 3.62. The first-order valence-electron chi connectivity index (χ1n) is 13.5. The molecule has 4 aromatic rings. The van der Waals surface area contributed by atoms with Crippen LogP contribution < -0.4 is 26.4 Å². The summed E-state index contributed by atoms with van der Waals surface area (Å²) in [5.74, 6) is -3.50. The van der Waals surface area contributed by atoms with Crippen molar-refractivity contribution in [3.63, 3.8) is 0 Å². The molecule has 0 bridgehead atoms. The molecular weight excluding hydrogens is 620 g/mol. The van der Waals surface area contributed by atoms with E-state index in [4.69, 9.17) is 33.2 Å². The second-order valence-corrected chi connectivity index (χ2v) is 10.7. The topological polar surface area (TPSA) is 243 Å². The van der Waals surface area contributed by atoms with Crippen LogP contribution in [0.1, 0.15) is 38.3 Å². The number of imidazole rings is 1. The van der Waals surface area contributed by atoms with Gasteiger partial charge in [-0.15, -0.1) is 0 Å². The fourth-order valence-electron chi connectivity index (χ4n) is 5.83. The minimum absolute atomic E-state index is 0.0906. The maximum atomic E-state index is 14.2. The van der Waals surface area contributed by atoms with Crippen LogP contribution in [0, 0.1) is 0 Å². The van der Waals surface area contributed by atoms with Gasteiger partial charge < -0.3 is 41.2 Å². The second kappa shape index (κ2) is 11.2. The lowest BCUT2D eigenvalue weighted by Gasteiger charge is -2.37. The lowest BCUT2D eigenvalue weighted by atomic mass is 9.77. The number of esters is 1. The number of carboxylic acid groups (broad SMARTS) is 1. The zero-order chi connectivity index (χ0) is 32.9. The van der Waals surface area contributed by atoms with Gasteiger partial charge in [0.05, 0.1) is 24.1 Å². The van der Waals surface area contributed by atoms with Gasteiger partial charge in [0, 0.05) is 52.7 Å². The van der Waals surface area contributed by atoms with Crippen molar-refractivity contribution in [2.75, 3.05) is 11.4 Å². The molecule has 6 rings (SSSR count).